The molecule has 0 aromatic rings. The summed E-state index contributed by atoms with van der Waals surface area (Å²) in [5.41, 5.74) is 6.14. The molecule has 2 fully saturated rings. The average Bonchev–Trinajstić information content (AvgIpc) is 2.90. The van der Waals surface area contributed by atoms with Gasteiger partial charge in [-0.25, -0.2) is 0 Å². The third kappa shape index (κ3) is 2.54. The van der Waals surface area contributed by atoms with Gasteiger partial charge in [-0.15, -0.1) is 0 Å². The highest BCUT2D eigenvalue weighted by Crippen LogP contribution is 2.39. The number of carbonyl (C=O) groups excluding carboxylic acids is 1. The second-order valence-corrected chi connectivity index (χ2v) is 5.59. The summed E-state index contributed by atoms with van der Waals surface area (Å²) in [4.78, 5) is 14.5. The van der Waals surface area contributed by atoms with E-state index in [0.29, 0.717) is 6.61 Å². The van der Waals surface area contributed by atoms with Gasteiger partial charge in [-0.2, -0.15) is 0 Å². The van der Waals surface area contributed by atoms with Gasteiger partial charge in [-0.1, -0.05) is 19.3 Å². The lowest BCUT2D eigenvalue weighted by atomic mass is 9.85. The third-order valence-corrected chi connectivity index (χ3v) is 4.57. The van der Waals surface area contributed by atoms with E-state index in [1.165, 1.54) is 32.1 Å². The van der Waals surface area contributed by atoms with E-state index in [-0.39, 0.29) is 11.5 Å². The number of hydrogen-bond acceptors (Lipinski definition) is 4. The van der Waals surface area contributed by atoms with Crippen LogP contribution in [0.5, 0.6) is 0 Å². The Morgan fingerprint density at radius 2 is 1.83 bits per heavy atom. The predicted molar refractivity (Wildman–Crippen MR) is 71.2 cm³/mol. The van der Waals surface area contributed by atoms with Crippen molar-refractivity contribution < 1.29 is 9.53 Å². The summed E-state index contributed by atoms with van der Waals surface area (Å²) in [5.74, 6) is -0.218. The van der Waals surface area contributed by atoms with Gasteiger partial charge < -0.3 is 10.5 Å². The van der Waals surface area contributed by atoms with Crippen molar-refractivity contribution in [2.75, 3.05) is 19.7 Å². The summed E-state index contributed by atoms with van der Waals surface area (Å²) in [7, 11) is 0. The molecule has 0 aromatic heterocycles. The average molecular weight is 254 g/mol. The van der Waals surface area contributed by atoms with Gasteiger partial charge in [0.1, 0.15) is 6.04 Å². The highest BCUT2D eigenvalue weighted by atomic mass is 16.5. The maximum atomic E-state index is 12.0. The number of rotatable bonds is 4. The second-order valence-electron chi connectivity index (χ2n) is 5.59. The minimum atomic E-state index is -0.474. The normalized spacial score (nSPS) is 25.9. The van der Waals surface area contributed by atoms with Crippen LogP contribution in [0.2, 0.25) is 0 Å². The molecule has 1 saturated carbocycles. The smallest absolute Gasteiger partial charge is 0.324 e. The van der Waals surface area contributed by atoms with Crippen molar-refractivity contribution in [2.45, 2.75) is 63.5 Å². The van der Waals surface area contributed by atoms with Crippen molar-refractivity contribution in [3.63, 3.8) is 0 Å². The van der Waals surface area contributed by atoms with E-state index in [1.54, 1.807) is 0 Å². The van der Waals surface area contributed by atoms with Crippen LogP contribution in [0.1, 0.15) is 51.9 Å². The molecule has 104 valence electrons. The highest BCUT2D eigenvalue weighted by molar-refractivity contribution is 5.77. The summed E-state index contributed by atoms with van der Waals surface area (Å²) in [6.07, 6.45) is 8.24. The molecule has 4 nitrogen and oxygen atoms in total. The molecule has 2 rings (SSSR count). The molecule has 2 N–H and O–H groups in total. The van der Waals surface area contributed by atoms with Crippen LogP contribution in [-0.2, 0) is 9.53 Å². The first-order valence-electron chi connectivity index (χ1n) is 7.38. The number of ether oxygens (including phenoxy) is 1. The number of esters is 1. The van der Waals surface area contributed by atoms with Crippen molar-refractivity contribution in [3.05, 3.63) is 0 Å². The fourth-order valence-corrected chi connectivity index (χ4v) is 3.60. The fourth-order valence-electron chi connectivity index (χ4n) is 3.60. The minimum absolute atomic E-state index is 0.118. The van der Waals surface area contributed by atoms with E-state index >= 15 is 0 Å². The predicted octanol–water partition coefficient (Wildman–Crippen LogP) is 1.68. The summed E-state index contributed by atoms with van der Waals surface area (Å²) in [6.45, 7) is 4.44. The van der Waals surface area contributed by atoms with Gasteiger partial charge in [-0.3, -0.25) is 9.69 Å². The Bertz CT molecular complexity index is 282. The Hall–Kier alpha value is -0.610. The molecule has 2 aliphatic rings. The van der Waals surface area contributed by atoms with Crippen LogP contribution in [0.15, 0.2) is 0 Å². The van der Waals surface area contributed by atoms with Crippen LogP contribution in [0.25, 0.3) is 0 Å². The number of likely N-dealkylation sites (tertiary alicyclic amines) is 1. The number of carbonyl (C=O) groups is 1. The maximum absolute atomic E-state index is 12.0. The monoisotopic (exact) mass is 254 g/mol. The SMILES string of the molecule is CCOC(=O)[C@H](N)C1(N2CCCCC2)CCCC1. The Balaban J connectivity index is 2.12. The number of piperidine rings is 1. The van der Waals surface area contributed by atoms with Crippen LogP contribution in [0, 0.1) is 0 Å². The first-order valence-corrected chi connectivity index (χ1v) is 7.38. The molecule has 1 heterocycles. The molecule has 1 aliphatic carbocycles. The summed E-state index contributed by atoms with van der Waals surface area (Å²) >= 11 is 0. The molecule has 1 aliphatic heterocycles. The second kappa shape index (κ2) is 6.02. The lowest BCUT2D eigenvalue weighted by molar-refractivity contribution is -0.149. The van der Waals surface area contributed by atoms with Crippen molar-refractivity contribution >= 4 is 5.97 Å². The largest absolute Gasteiger partial charge is 0.465 e. The van der Waals surface area contributed by atoms with E-state index in [2.05, 4.69) is 4.90 Å². The number of nitrogens with zero attached hydrogens (tertiary/aromatic N) is 1. The summed E-state index contributed by atoms with van der Waals surface area (Å²) < 4.78 is 5.14. The minimum Gasteiger partial charge on any atom is -0.465 e. The van der Waals surface area contributed by atoms with Crippen LogP contribution in [-0.4, -0.2) is 42.1 Å². The topological polar surface area (TPSA) is 55.6 Å². The van der Waals surface area contributed by atoms with Crippen molar-refractivity contribution in [1.82, 2.24) is 4.90 Å². The Morgan fingerprint density at radius 1 is 1.22 bits per heavy atom. The molecule has 18 heavy (non-hydrogen) atoms. The maximum Gasteiger partial charge on any atom is 0.324 e. The van der Waals surface area contributed by atoms with Gasteiger partial charge in [0.2, 0.25) is 0 Å². The zero-order chi connectivity index (χ0) is 13.0. The highest BCUT2D eigenvalue weighted by Gasteiger charge is 2.48. The third-order valence-electron chi connectivity index (χ3n) is 4.57. The molecule has 0 bridgehead atoms. The zero-order valence-corrected chi connectivity index (χ0v) is 11.5. The summed E-state index contributed by atoms with van der Waals surface area (Å²) in [5, 5.41) is 0. The van der Waals surface area contributed by atoms with Crippen LogP contribution >= 0.6 is 0 Å². The van der Waals surface area contributed by atoms with Gasteiger partial charge >= 0.3 is 5.97 Å². The van der Waals surface area contributed by atoms with Crippen molar-refractivity contribution in [1.29, 1.82) is 0 Å². The first-order chi connectivity index (χ1) is 8.70. The zero-order valence-electron chi connectivity index (χ0n) is 11.5. The Labute approximate surface area is 110 Å². The van der Waals surface area contributed by atoms with Gasteiger partial charge in [0.25, 0.3) is 0 Å². The molecular weight excluding hydrogens is 228 g/mol. The van der Waals surface area contributed by atoms with Crippen LogP contribution in [0.4, 0.5) is 0 Å². The van der Waals surface area contributed by atoms with Gasteiger partial charge in [0.05, 0.1) is 6.61 Å². The molecule has 0 radical (unpaired) electrons. The quantitative estimate of drug-likeness (QED) is 0.775. The Morgan fingerprint density at radius 3 is 2.39 bits per heavy atom. The molecule has 4 heteroatoms. The van der Waals surface area contributed by atoms with Gasteiger partial charge in [0.15, 0.2) is 0 Å². The van der Waals surface area contributed by atoms with E-state index in [1.807, 2.05) is 6.92 Å². The van der Waals surface area contributed by atoms with E-state index in [0.717, 1.165) is 25.9 Å². The molecule has 1 atom stereocenters. The van der Waals surface area contributed by atoms with E-state index in [9.17, 15) is 4.79 Å². The molecule has 0 aromatic carbocycles. The lowest BCUT2D eigenvalue weighted by Crippen LogP contribution is -2.62. The summed E-state index contributed by atoms with van der Waals surface area (Å²) in [6, 6.07) is -0.474. The van der Waals surface area contributed by atoms with E-state index < -0.39 is 6.04 Å². The molecule has 0 amide bonds. The number of hydrogen-bond donors (Lipinski definition) is 1. The van der Waals surface area contributed by atoms with Gasteiger partial charge in [0, 0.05) is 5.54 Å². The van der Waals surface area contributed by atoms with Crippen LogP contribution < -0.4 is 5.73 Å². The van der Waals surface area contributed by atoms with Crippen molar-refractivity contribution in [2.24, 2.45) is 5.73 Å². The van der Waals surface area contributed by atoms with Crippen LogP contribution in [0.3, 0.4) is 0 Å². The Kier molecular flexibility index (Phi) is 4.62. The molecular formula is C14H26N2O2. The molecule has 0 spiro atoms. The molecule has 1 saturated heterocycles. The van der Waals surface area contributed by atoms with Gasteiger partial charge in [-0.05, 0) is 45.7 Å². The standard InChI is InChI=1S/C14H26N2O2/c1-2-18-13(17)12(15)14(8-4-5-9-14)16-10-6-3-7-11-16/h12H,2-11,15H2,1H3/t12-/m0/s1. The van der Waals surface area contributed by atoms with Crippen molar-refractivity contribution in [3.8, 4) is 0 Å². The fraction of sp³-hybridized carbons (Fsp3) is 0.929. The van der Waals surface area contributed by atoms with E-state index in [4.69, 9.17) is 10.5 Å². The molecule has 0 unspecified atom stereocenters. The number of nitrogens with two attached hydrogens (primary N) is 1. The lowest BCUT2D eigenvalue weighted by Gasteiger charge is -2.46. The first kappa shape index (κ1) is 13.8.